The first-order valence-corrected chi connectivity index (χ1v) is 5.70. The van der Waals surface area contributed by atoms with Gasteiger partial charge in [-0.1, -0.05) is 12.1 Å². The number of likely N-dealkylation sites (tertiary alicyclic amines) is 1. The fraction of sp³-hybridized carbons (Fsp3) is 0.462. The number of rotatable bonds is 2. The Morgan fingerprint density at radius 1 is 1.29 bits per heavy atom. The van der Waals surface area contributed by atoms with Crippen LogP contribution in [-0.4, -0.2) is 31.1 Å². The average molecular weight is 234 g/mol. The molecule has 0 radical (unpaired) electrons. The van der Waals surface area contributed by atoms with E-state index in [0.29, 0.717) is 0 Å². The molecule has 17 heavy (non-hydrogen) atoms. The number of hydrogen-bond acceptors (Lipinski definition) is 3. The van der Waals surface area contributed by atoms with Gasteiger partial charge in [0.15, 0.2) is 0 Å². The number of nitrogens with zero attached hydrogens (tertiary/aromatic N) is 2. The van der Waals surface area contributed by atoms with Crippen LogP contribution in [0.5, 0.6) is 0 Å². The number of halogens is 1. The molecule has 0 amide bonds. The number of carbonyl (C=O) groups excluding carboxylic acids is 1. The van der Waals surface area contributed by atoms with Crippen LogP contribution in [0.3, 0.4) is 0 Å². The van der Waals surface area contributed by atoms with Crippen LogP contribution < -0.4 is 0 Å². The molecule has 2 rings (SSSR count). The van der Waals surface area contributed by atoms with E-state index in [1.807, 2.05) is 7.05 Å². The van der Waals surface area contributed by atoms with Gasteiger partial charge in [-0.05, 0) is 37.6 Å². The van der Waals surface area contributed by atoms with Gasteiger partial charge in [0.2, 0.25) is 6.08 Å². The summed E-state index contributed by atoms with van der Waals surface area (Å²) in [6, 6.07) is 6.24. The van der Waals surface area contributed by atoms with Crippen LogP contribution in [0.1, 0.15) is 18.4 Å². The van der Waals surface area contributed by atoms with Gasteiger partial charge in [-0.3, -0.25) is 0 Å². The van der Waals surface area contributed by atoms with Gasteiger partial charge in [0.05, 0.1) is 0 Å². The number of isocyanates is 1. The van der Waals surface area contributed by atoms with Crippen LogP contribution in [0.4, 0.5) is 4.39 Å². The van der Waals surface area contributed by atoms with Gasteiger partial charge in [-0.15, -0.1) is 0 Å². The van der Waals surface area contributed by atoms with Crippen molar-refractivity contribution in [2.24, 2.45) is 4.99 Å². The summed E-state index contributed by atoms with van der Waals surface area (Å²) in [7, 11) is 2.04. The fourth-order valence-corrected chi connectivity index (χ4v) is 2.30. The lowest BCUT2D eigenvalue weighted by molar-refractivity contribution is 0.192. The van der Waals surface area contributed by atoms with Crippen molar-refractivity contribution in [3.05, 3.63) is 35.6 Å². The summed E-state index contributed by atoms with van der Waals surface area (Å²) in [5.74, 6) is -0.271. The molecular formula is C13H15FN2O. The molecule has 4 heteroatoms. The molecule has 1 aromatic carbocycles. The first kappa shape index (κ1) is 12.0. The van der Waals surface area contributed by atoms with E-state index in [0.717, 1.165) is 31.5 Å². The van der Waals surface area contributed by atoms with Crippen LogP contribution in [-0.2, 0) is 10.3 Å². The predicted octanol–water partition coefficient (Wildman–Crippen LogP) is 2.08. The van der Waals surface area contributed by atoms with Crippen molar-refractivity contribution in [3.8, 4) is 0 Å². The second-order valence-corrected chi connectivity index (χ2v) is 4.54. The zero-order chi connectivity index (χ0) is 12.3. The number of hydrogen-bond donors (Lipinski definition) is 0. The van der Waals surface area contributed by atoms with Crippen LogP contribution in [0.15, 0.2) is 29.3 Å². The summed E-state index contributed by atoms with van der Waals surface area (Å²) < 4.78 is 12.9. The molecule has 0 unspecified atom stereocenters. The van der Waals surface area contributed by atoms with E-state index in [9.17, 15) is 9.18 Å². The molecule has 1 fully saturated rings. The van der Waals surface area contributed by atoms with Gasteiger partial charge < -0.3 is 4.90 Å². The van der Waals surface area contributed by atoms with Crippen molar-refractivity contribution in [1.29, 1.82) is 0 Å². The average Bonchev–Trinajstić information content (AvgIpc) is 2.34. The molecule has 3 nitrogen and oxygen atoms in total. The molecule has 1 saturated heterocycles. The largest absolute Gasteiger partial charge is 0.306 e. The van der Waals surface area contributed by atoms with E-state index >= 15 is 0 Å². The van der Waals surface area contributed by atoms with E-state index in [1.54, 1.807) is 18.2 Å². The molecule has 0 bridgehead atoms. The maximum atomic E-state index is 12.9. The van der Waals surface area contributed by atoms with Crippen molar-refractivity contribution in [3.63, 3.8) is 0 Å². The molecule has 1 heterocycles. The summed E-state index contributed by atoms with van der Waals surface area (Å²) in [5, 5.41) is 0. The third-order valence-corrected chi connectivity index (χ3v) is 3.46. The lowest BCUT2D eigenvalue weighted by Gasteiger charge is -2.36. The second kappa shape index (κ2) is 4.78. The molecule has 1 aromatic rings. The lowest BCUT2D eigenvalue weighted by atomic mass is 9.81. The minimum absolute atomic E-state index is 0.271. The highest BCUT2D eigenvalue weighted by Gasteiger charge is 2.35. The summed E-state index contributed by atoms with van der Waals surface area (Å²) in [6.45, 7) is 1.76. The van der Waals surface area contributed by atoms with Gasteiger partial charge in [0.25, 0.3) is 0 Å². The molecule has 0 spiro atoms. The Kier molecular flexibility index (Phi) is 3.36. The maximum Gasteiger partial charge on any atom is 0.235 e. The smallest absolute Gasteiger partial charge is 0.235 e. The highest BCUT2D eigenvalue weighted by molar-refractivity contribution is 5.38. The summed E-state index contributed by atoms with van der Waals surface area (Å²) in [6.07, 6.45) is 3.21. The van der Waals surface area contributed by atoms with Crippen molar-refractivity contribution < 1.29 is 9.18 Å². The molecule has 0 aliphatic carbocycles. The normalized spacial score (nSPS) is 19.6. The van der Waals surface area contributed by atoms with Crippen LogP contribution >= 0.6 is 0 Å². The third kappa shape index (κ3) is 2.43. The summed E-state index contributed by atoms with van der Waals surface area (Å²) in [5.41, 5.74) is 0.387. The Morgan fingerprint density at radius 3 is 2.41 bits per heavy atom. The van der Waals surface area contributed by atoms with Crippen molar-refractivity contribution >= 4 is 6.08 Å². The Labute approximate surface area is 100.0 Å². The van der Waals surface area contributed by atoms with Gasteiger partial charge >= 0.3 is 0 Å². The third-order valence-electron chi connectivity index (χ3n) is 3.46. The Hall–Kier alpha value is -1.51. The minimum atomic E-state index is -0.512. The van der Waals surface area contributed by atoms with Gasteiger partial charge in [-0.25, -0.2) is 9.18 Å². The highest BCUT2D eigenvalue weighted by atomic mass is 19.1. The van der Waals surface area contributed by atoms with E-state index < -0.39 is 5.54 Å². The highest BCUT2D eigenvalue weighted by Crippen LogP contribution is 2.36. The van der Waals surface area contributed by atoms with Crippen LogP contribution in [0, 0.1) is 5.82 Å². The van der Waals surface area contributed by atoms with E-state index in [4.69, 9.17) is 0 Å². The number of piperidine rings is 1. The fourth-order valence-electron chi connectivity index (χ4n) is 2.30. The summed E-state index contributed by atoms with van der Waals surface area (Å²) in [4.78, 5) is 16.8. The molecular weight excluding hydrogens is 219 g/mol. The summed E-state index contributed by atoms with van der Waals surface area (Å²) >= 11 is 0. The topological polar surface area (TPSA) is 32.7 Å². The monoisotopic (exact) mass is 234 g/mol. The Balaban J connectivity index is 2.34. The van der Waals surface area contributed by atoms with Crippen LogP contribution in [0.2, 0.25) is 0 Å². The molecule has 0 atom stereocenters. The molecule has 1 aliphatic heterocycles. The Morgan fingerprint density at radius 2 is 1.88 bits per heavy atom. The van der Waals surface area contributed by atoms with Gasteiger partial charge in [0, 0.05) is 13.1 Å². The Bertz CT molecular complexity index is 429. The number of aliphatic imine (C=N–C) groups is 1. The molecule has 0 saturated carbocycles. The van der Waals surface area contributed by atoms with E-state index in [2.05, 4.69) is 9.89 Å². The maximum absolute atomic E-state index is 12.9. The van der Waals surface area contributed by atoms with E-state index in [1.165, 1.54) is 12.1 Å². The number of benzene rings is 1. The SMILES string of the molecule is CN1CCC(N=C=O)(c2ccc(F)cc2)CC1. The molecule has 90 valence electrons. The molecule has 0 N–H and O–H groups in total. The lowest BCUT2D eigenvalue weighted by Crippen LogP contribution is -2.39. The predicted molar refractivity (Wildman–Crippen MR) is 62.9 cm³/mol. The first-order chi connectivity index (χ1) is 8.16. The van der Waals surface area contributed by atoms with Gasteiger partial charge in [0.1, 0.15) is 11.4 Å². The quantitative estimate of drug-likeness (QED) is 0.579. The molecule has 1 aliphatic rings. The standard InChI is InChI=1S/C13H15FN2O/c1-16-8-6-13(7-9-16,15-10-17)11-2-4-12(14)5-3-11/h2-5H,6-9H2,1H3. The zero-order valence-electron chi connectivity index (χ0n) is 9.82. The van der Waals surface area contributed by atoms with Crippen molar-refractivity contribution in [2.45, 2.75) is 18.4 Å². The van der Waals surface area contributed by atoms with Crippen LogP contribution in [0.25, 0.3) is 0 Å². The second-order valence-electron chi connectivity index (χ2n) is 4.54. The minimum Gasteiger partial charge on any atom is -0.306 e. The zero-order valence-corrected chi connectivity index (χ0v) is 9.82. The first-order valence-electron chi connectivity index (χ1n) is 5.70. The van der Waals surface area contributed by atoms with E-state index in [-0.39, 0.29) is 5.82 Å². The van der Waals surface area contributed by atoms with Gasteiger partial charge in [-0.2, -0.15) is 4.99 Å². The van der Waals surface area contributed by atoms with Crippen molar-refractivity contribution in [2.75, 3.05) is 20.1 Å². The molecule has 0 aromatic heterocycles. The van der Waals surface area contributed by atoms with Crippen molar-refractivity contribution in [1.82, 2.24) is 4.90 Å².